The zero-order valence-corrected chi connectivity index (χ0v) is 11.2. The molecule has 0 bridgehead atoms. The molecular weight excluding hydrogens is 230 g/mol. The van der Waals surface area contributed by atoms with E-state index < -0.39 is 0 Å². The van der Waals surface area contributed by atoms with E-state index in [-0.39, 0.29) is 0 Å². The number of benzene rings is 1. The van der Waals surface area contributed by atoms with E-state index in [1.165, 1.54) is 23.3 Å². The number of likely N-dealkylation sites (tertiary alicyclic amines) is 1. The molecule has 1 aliphatic rings. The normalized spacial score (nSPS) is 21.6. The van der Waals surface area contributed by atoms with Crippen LogP contribution in [0.4, 0.5) is 0 Å². The Morgan fingerprint density at radius 1 is 1.29 bits per heavy atom. The lowest BCUT2D eigenvalue weighted by molar-refractivity contribution is 0.0841. The van der Waals surface area contributed by atoms with Crippen LogP contribution in [0.2, 0.25) is 0 Å². The van der Waals surface area contributed by atoms with Gasteiger partial charge in [0.05, 0.1) is 6.61 Å². The summed E-state index contributed by atoms with van der Waals surface area (Å²) in [5.74, 6) is 0. The predicted octanol–water partition coefficient (Wildman–Crippen LogP) is 2.76. The number of aliphatic hydroxyl groups is 1. The third-order valence-electron chi connectivity index (χ3n) is 3.50. The van der Waals surface area contributed by atoms with Crippen molar-refractivity contribution in [3.63, 3.8) is 0 Å². The molecule has 3 heteroatoms. The Morgan fingerprint density at radius 3 is 2.71 bits per heavy atom. The number of aliphatic hydroxyl groups excluding tert-OH is 1. The van der Waals surface area contributed by atoms with Crippen LogP contribution in [0.1, 0.15) is 24.8 Å². The van der Waals surface area contributed by atoms with Crippen LogP contribution in [0.5, 0.6) is 0 Å². The summed E-state index contributed by atoms with van der Waals surface area (Å²) in [6, 6.07) is 9.13. The number of hydrogen-bond acceptors (Lipinski definition) is 3. The van der Waals surface area contributed by atoms with Crippen LogP contribution in [0.15, 0.2) is 29.2 Å². The smallest absolute Gasteiger partial charge is 0.0586 e. The molecule has 1 aromatic rings. The van der Waals surface area contributed by atoms with E-state index in [9.17, 15) is 5.11 Å². The number of piperidine rings is 1. The monoisotopic (exact) mass is 251 g/mol. The molecule has 17 heavy (non-hydrogen) atoms. The molecule has 94 valence electrons. The molecule has 1 fully saturated rings. The van der Waals surface area contributed by atoms with Gasteiger partial charge in [-0.15, -0.1) is 11.8 Å². The van der Waals surface area contributed by atoms with Crippen molar-refractivity contribution in [1.29, 1.82) is 0 Å². The first-order valence-electron chi connectivity index (χ1n) is 6.31. The minimum atomic E-state index is 0.295. The third-order valence-corrected chi connectivity index (χ3v) is 4.25. The Balaban J connectivity index is 1.98. The van der Waals surface area contributed by atoms with Gasteiger partial charge in [0.2, 0.25) is 0 Å². The van der Waals surface area contributed by atoms with Gasteiger partial charge in [-0.25, -0.2) is 0 Å². The van der Waals surface area contributed by atoms with Crippen molar-refractivity contribution in [1.82, 2.24) is 4.90 Å². The van der Waals surface area contributed by atoms with Gasteiger partial charge in [0.25, 0.3) is 0 Å². The minimum Gasteiger partial charge on any atom is -0.395 e. The molecule has 0 aromatic heterocycles. The van der Waals surface area contributed by atoms with E-state index in [1.807, 2.05) is 0 Å². The lowest BCUT2D eigenvalue weighted by Gasteiger charge is -2.34. The van der Waals surface area contributed by atoms with Gasteiger partial charge in [-0.1, -0.05) is 18.6 Å². The van der Waals surface area contributed by atoms with E-state index in [2.05, 4.69) is 35.4 Å². The minimum absolute atomic E-state index is 0.295. The van der Waals surface area contributed by atoms with Crippen LogP contribution in [0, 0.1) is 0 Å². The second-order valence-corrected chi connectivity index (χ2v) is 5.53. The quantitative estimate of drug-likeness (QED) is 0.832. The molecule has 1 atom stereocenters. The summed E-state index contributed by atoms with van der Waals surface area (Å²) in [4.78, 5) is 3.73. The Labute approximate surface area is 108 Å². The van der Waals surface area contributed by atoms with Crippen LogP contribution in [0.3, 0.4) is 0 Å². The first-order chi connectivity index (χ1) is 8.33. The molecule has 0 radical (unpaired) electrons. The zero-order chi connectivity index (χ0) is 12.1. The molecule has 2 rings (SSSR count). The van der Waals surface area contributed by atoms with Gasteiger partial charge in [-0.05, 0) is 43.3 Å². The van der Waals surface area contributed by atoms with E-state index in [4.69, 9.17) is 0 Å². The second-order valence-electron chi connectivity index (χ2n) is 4.65. The maximum absolute atomic E-state index is 9.38. The third kappa shape index (κ3) is 3.47. The topological polar surface area (TPSA) is 23.5 Å². The van der Waals surface area contributed by atoms with Crippen molar-refractivity contribution in [3.8, 4) is 0 Å². The molecule has 1 unspecified atom stereocenters. The summed E-state index contributed by atoms with van der Waals surface area (Å²) < 4.78 is 0. The van der Waals surface area contributed by atoms with Crippen LogP contribution in [-0.2, 0) is 6.54 Å². The lowest BCUT2D eigenvalue weighted by Crippen LogP contribution is -2.41. The molecular formula is C14H21NOS. The van der Waals surface area contributed by atoms with Crippen molar-refractivity contribution in [2.24, 2.45) is 0 Å². The fourth-order valence-corrected chi connectivity index (χ4v) is 2.85. The van der Waals surface area contributed by atoms with Crippen molar-refractivity contribution < 1.29 is 5.11 Å². The lowest BCUT2D eigenvalue weighted by atomic mass is 10.0. The molecule has 0 saturated carbocycles. The average Bonchev–Trinajstić information content (AvgIpc) is 2.40. The largest absolute Gasteiger partial charge is 0.395 e. The molecule has 0 amide bonds. The maximum Gasteiger partial charge on any atom is 0.0586 e. The fraction of sp³-hybridized carbons (Fsp3) is 0.571. The van der Waals surface area contributed by atoms with Gasteiger partial charge in [-0.2, -0.15) is 0 Å². The summed E-state index contributed by atoms with van der Waals surface area (Å²) in [6.45, 7) is 2.39. The molecule has 1 aliphatic heterocycles. The summed E-state index contributed by atoms with van der Waals surface area (Å²) in [6.07, 6.45) is 5.76. The van der Waals surface area contributed by atoms with Crippen molar-refractivity contribution in [3.05, 3.63) is 29.8 Å². The molecule has 1 heterocycles. The van der Waals surface area contributed by atoms with Crippen molar-refractivity contribution >= 4 is 11.8 Å². The molecule has 2 nitrogen and oxygen atoms in total. The van der Waals surface area contributed by atoms with Gasteiger partial charge < -0.3 is 5.11 Å². The zero-order valence-electron chi connectivity index (χ0n) is 10.4. The maximum atomic E-state index is 9.38. The van der Waals surface area contributed by atoms with Gasteiger partial charge >= 0.3 is 0 Å². The van der Waals surface area contributed by atoms with Gasteiger partial charge in [0, 0.05) is 17.5 Å². The van der Waals surface area contributed by atoms with Crippen LogP contribution >= 0.6 is 11.8 Å². The highest BCUT2D eigenvalue weighted by Crippen LogP contribution is 2.21. The second kappa shape index (κ2) is 6.43. The fourth-order valence-electron chi connectivity index (χ4n) is 2.44. The molecule has 1 N–H and O–H groups in total. The van der Waals surface area contributed by atoms with Crippen LogP contribution < -0.4 is 0 Å². The molecule has 1 saturated heterocycles. The standard InChI is InChI=1S/C14H21NOS/c1-17-14-7-5-12(6-8-14)10-15-9-3-2-4-13(15)11-16/h5-8,13,16H,2-4,9-11H2,1H3. The first-order valence-corrected chi connectivity index (χ1v) is 7.54. The number of thioether (sulfide) groups is 1. The van der Waals surface area contributed by atoms with Crippen LogP contribution in [0.25, 0.3) is 0 Å². The van der Waals surface area contributed by atoms with Gasteiger partial charge in [-0.3, -0.25) is 4.90 Å². The van der Waals surface area contributed by atoms with E-state index >= 15 is 0 Å². The van der Waals surface area contributed by atoms with Crippen LogP contribution in [-0.4, -0.2) is 35.5 Å². The molecule has 0 aliphatic carbocycles. The predicted molar refractivity (Wildman–Crippen MR) is 73.4 cm³/mol. The van der Waals surface area contributed by atoms with Gasteiger partial charge in [0.1, 0.15) is 0 Å². The van der Waals surface area contributed by atoms with Gasteiger partial charge in [0.15, 0.2) is 0 Å². The van der Waals surface area contributed by atoms with E-state index in [0.29, 0.717) is 12.6 Å². The highest BCUT2D eigenvalue weighted by molar-refractivity contribution is 7.98. The summed E-state index contributed by atoms with van der Waals surface area (Å²) in [5, 5.41) is 9.38. The summed E-state index contributed by atoms with van der Waals surface area (Å²) >= 11 is 1.78. The van der Waals surface area contributed by atoms with E-state index in [0.717, 1.165) is 19.5 Å². The molecule has 1 aromatic carbocycles. The van der Waals surface area contributed by atoms with Crippen molar-refractivity contribution in [2.45, 2.75) is 36.7 Å². The SMILES string of the molecule is CSc1ccc(CN2CCCCC2CO)cc1. The number of rotatable bonds is 4. The van der Waals surface area contributed by atoms with E-state index in [1.54, 1.807) is 11.8 Å². The average molecular weight is 251 g/mol. The van der Waals surface area contributed by atoms with Crippen molar-refractivity contribution in [2.75, 3.05) is 19.4 Å². The Morgan fingerprint density at radius 2 is 2.06 bits per heavy atom. The number of nitrogens with zero attached hydrogens (tertiary/aromatic N) is 1. The summed E-state index contributed by atoms with van der Waals surface area (Å²) in [7, 11) is 0. The Bertz CT molecular complexity index is 339. The first kappa shape index (κ1) is 12.9. The Hall–Kier alpha value is -0.510. The summed E-state index contributed by atoms with van der Waals surface area (Å²) in [5.41, 5.74) is 1.35. The highest BCUT2D eigenvalue weighted by atomic mass is 32.2. The Kier molecular flexibility index (Phi) is 4.89. The number of hydrogen-bond donors (Lipinski definition) is 1. The molecule has 0 spiro atoms. The highest BCUT2D eigenvalue weighted by Gasteiger charge is 2.21.